The summed E-state index contributed by atoms with van der Waals surface area (Å²) < 4.78 is 44.0. The fraction of sp³-hybridized carbons (Fsp3) is 0.125. The Hall–Kier alpha value is -3.92. The molecule has 3 N–H and O–H groups in total. The minimum Gasteiger partial charge on any atom is -0.493 e. The van der Waals surface area contributed by atoms with Crippen LogP contribution in [0, 0.1) is 0 Å². The Balaban J connectivity index is 1.60. The van der Waals surface area contributed by atoms with Crippen LogP contribution in [0.4, 0.5) is 24.5 Å². The van der Waals surface area contributed by atoms with Crippen LogP contribution >= 0.6 is 12.2 Å². The van der Waals surface area contributed by atoms with Gasteiger partial charge in [-0.15, -0.1) is 0 Å². The molecule has 0 saturated carbocycles. The predicted molar refractivity (Wildman–Crippen MR) is 127 cm³/mol. The molecule has 0 aliphatic rings. The van der Waals surface area contributed by atoms with Gasteiger partial charge in [0.05, 0.1) is 17.7 Å². The van der Waals surface area contributed by atoms with Crippen molar-refractivity contribution < 1.29 is 27.5 Å². The average molecular weight is 488 g/mol. The van der Waals surface area contributed by atoms with Crippen molar-refractivity contribution >= 4 is 40.5 Å². The van der Waals surface area contributed by atoms with Gasteiger partial charge in [-0.25, -0.2) is 0 Å². The largest absolute Gasteiger partial charge is 0.493 e. The maximum Gasteiger partial charge on any atom is 0.416 e. The van der Waals surface area contributed by atoms with Gasteiger partial charge in [0.25, 0.3) is 11.8 Å². The van der Waals surface area contributed by atoms with Crippen molar-refractivity contribution in [3.05, 3.63) is 89.5 Å². The third kappa shape index (κ3) is 6.55. The quantitative estimate of drug-likeness (QED) is 0.401. The highest BCUT2D eigenvalue weighted by Gasteiger charge is 2.30. The topological polar surface area (TPSA) is 79.5 Å². The smallest absolute Gasteiger partial charge is 0.416 e. The molecule has 3 rings (SSSR count). The van der Waals surface area contributed by atoms with Crippen LogP contribution in [0.2, 0.25) is 0 Å². The van der Waals surface area contributed by atoms with E-state index in [2.05, 4.69) is 16.0 Å². The van der Waals surface area contributed by atoms with Crippen LogP contribution in [-0.4, -0.2) is 23.5 Å². The second-order valence-electron chi connectivity index (χ2n) is 6.95. The van der Waals surface area contributed by atoms with E-state index in [1.165, 1.54) is 24.3 Å². The third-order valence-electron chi connectivity index (χ3n) is 4.51. The Morgan fingerprint density at radius 3 is 2.26 bits per heavy atom. The van der Waals surface area contributed by atoms with Gasteiger partial charge in [0, 0.05) is 16.9 Å². The number of rotatable bonds is 6. The van der Waals surface area contributed by atoms with Crippen LogP contribution < -0.4 is 20.7 Å². The van der Waals surface area contributed by atoms with Gasteiger partial charge < -0.3 is 15.4 Å². The number of benzene rings is 3. The number of ether oxygens (including phenoxy) is 1. The van der Waals surface area contributed by atoms with E-state index in [9.17, 15) is 22.8 Å². The van der Waals surface area contributed by atoms with Gasteiger partial charge in [-0.05, 0) is 73.7 Å². The van der Waals surface area contributed by atoms with Crippen LogP contribution in [0.3, 0.4) is 0 Å². The molecule has 3 aromatic carbocycles. The maximum absolute atomic E-state index is 12.8. The normalized spacial score (nSPS) is 10.8. The van der Waals surface area contributed by atoms with Crippen molar-refractivity contribution in [3.8, 4) is 5.75 Å². The van der Waals surface area contributed by atoms with E-state index in [0.29, 0.717) is 23.6 Å². The summed E-state index contributed by atoms with van der Waals surface area (Å²) >= 11 is 5.18. The Bertz CT molecular complexity index is 1200. The van der Waals surface area contributed by atoms with E-state index in [0.717, 1.165) is 12.1 Å². The van der Waals surface area contributed by atoms with Gasteiger partial charge in [0.1, 0.15) is 5.75 Å². The summed E-state index contributed by atoms with van der Waals surface area (Å²) in [5.41, 5.74) is 0.222. The maximum atomic E-state index is 12.8. The summed E-state index contributed by atoms with van der Waals surface area (Å²) in [6, 6.07) is 17.2. The van der Waals surface area contributed by atoms with E-state index in [1.807, 2.05) is 6.92 Å². The number of hydrogen-bond donors (Lipinski definition) is 3. The summed E-state index contributed by atoms with van der Waals surface area (Å²) in [6.07, 6.45) is -4.51. The van der Waals surface area contributed by atoms with Crippen molar-refractivity contribution in [2.45, 2.75) is 13.1 Å². The molecule has 0 aromatic heterocycles. The molecule has 0 fully saturated rings. The lowest BCUT2D eigenvalue weighted by Gasteiger charge is -2.13. The van der Waals surface area contributed by atoms with Crippen LogP contribution in [0.1, 0.15) is 33.2 Å². The van der Waals surface area contributed by atoms with Crippen molar-refractivity contribution in [1.29, 1.82) is 0 Å². The molecule has 0 heterocycles. The molecule has 0 aliphatic carbocycles. The second kappa shape index (κ2) is 10.8. The first kappa shape index (κ1) is 24.7. The summed E-state index contributed by atoms with van der Waals surface area (Å²) in [7, 11) is 0. The standard InChI is InChI=1S/C24H20F3N3O3S/c1-2-33-20-9-4-3-8-19(20)22(32)30-23(34)29-17-12-10-15(11-13-17)21(31)28-18-7-5-6-16(14-18)24(25,26)27/h3-14H,2H2,1H3,(H,28,31)(H2,29,30,32,34). The van der Waals surface area contributed by atoms with Crippen molar-refractivity contribution in [2.24, 2.45) is 0 Å². The van der Waals surface area contributed by atoms with E-state index < -0.39 is 23.6 Å². The summed E-state index contributed by atoms with van der Waals surface area (Å²) in [6.45, 7) is 2.21. The number of nitrogens with one attached hydrogen (secondary N) is 3. The number of halogens is 3. The second-order valence-corrected chi connectivity index (χ2v) is 7.36. The van der Waals surface area contributed by atoms with Gasteiger partial charge in [-0.1, -0.05) is 18.2 Å². The van der Waals surface area contributed by atoms with Gasteiger partial charge in [0.15, 0.2) is 5.11 Å². The third-order valence-corrected chi connectivity index (χ3v) is 4.72. The minimum absolute atomic E-state index is 0.0262. The lowest BCUT2D eigenvalue weighted by molar-refractivity contribution is -0.137. The number of hydrogen-bond acceptors (Lipinski definition) is 4. The van der Waals surface area contributed by atoms with Gasteiger partial charge in [-0.2, -0.15) is 13.2 Å². The van der Waals surface area contributed by atoms with Crippen LogP contribution in [0.25, 0.3) is 0 Å². The van der Waals surface area contributed by atoms with Crippen molar-refractivity contribution in [3.63, 3.8) is 0 Å². The number of para-hydroxylation sites is 1. The molecule has 0 aliphatic heterocycles. The van der Waals surface area contributed by atoms with E-state index >= 15 is 0 Å². The van der Waals surface area contributed by atoms with Gasteiger partial charge in [0.2, 0.25) is 0 Å². The molecule has 176 valence electrons. The molecule has 0 saturated heterocycles. The SMILES string of the molecule is CCOc1ccccc1C(=O)NC(=S)Nc1ccc(C(=O)Nc2cccc(C(F)(F)F)c2)cc1. The van der Waals surface area contributed by atoms with Gasteiger partial charge >= 0.3 is 6.18 Å². The highest BCUT2D eigenvalue weighted by atomic mass is 32.1. The summed E-state index contributed by atoms with van der Waals surface area (Å²) in [5, 5.41) is 7.87. The number of amides is 2. The predicted octanol–water partition coefficient (Wildman–Crippen LogP) is 5.48. The molecule has 3 aromatic rings. The number of carbonyl (C=O) groups is 2. The molecule has 0 unspecified atom stereocenters. The number of alkyl halides is 3. The molecule has 0 bridgehead atoms. The molecule has 6 nitrogen and oxygen atoms in total. The first-order valence-electron chi connectivity index (χ1n) is 10.1. The van der Waals surface area contributed by atoms with E-state index in [1.54, 1.807) is 36.4 Å². The van der Waals surface area contributed by atoms with Crippen LogP contribution in [-0.2, 0) is 6.18 Å². The average Bonchev–Trinajstić information content (AvgIpc) is 2.79. The molecule has 0 atom stereocenters. The van der Waals surface area contributed by atoms with E-state index in [-0.39, 0.29) is 16.4 Å². The number of carbonyl (C=O) groups excluding carboxylic acids is 2. The number of thiocarbonyl (C=S) groups is 1. The molecule has 2 amide bonds. The summed E-state index contributed by atoms with van der Waals surface area (Å²) in [4.78, 5) is 24.9. The zero-order chi connectivity index (χ0) is 24.7. The fourth-order valence-corrected chi connectivity index (χ4v) is 3.16. The van der Waals surface area contributed by atoms with E-state index in [4.69, 9.17) is 17.0 Å². The lowest BCUT2D eigenvalue weighted by atomic mass is 10.1. The van der Waals surface area contributed by atoms with Crippen LogP contribution in [0.5, 0.6) is 5.75 Å². The Morgan fingerprint density at radius 2 is 1.59 bits per heavy atom. The zero-order valence-corrected chi connectivity index (χ0v) is 18.7. The Labute approximate surface area is 199 Å². The molecule has 34 heavy (non-hydrogen) atoms. The molecule has 10 heteroatoms. The van der Waals surface area contributed by atoms with Crippen molar-refractivity contribution in [1.82, 2.24) is 5.32 Å². The molecule has 0 radical (unpaired) electrons. The Kier molecular flexibility index (Phi) is 7.85. The lowest BCUT2D eigenvalue weighted by Crippen LogP contribution is -2.34. The van der Waals surface area contributed by atoms with Crippen molar-refractivity contribution in [2.75, 3.05) is 17.2 Å². The van der Waals surface area contributed by atoms with Gasteiger partial charge in [-0.3, -0.25) is 14.9 Å². The number of anilines is 2. The highest BCUT2D eigenvalue weighted by molar-refractivity contribution is 7.80. The summed E-state index contributed by atoms with van der Waals surface area (Å²) in [5.74, 6) is -0.589. The first-order valence-corrected chi connectivity index (χ1v) is 10.5. The monoisotopic (exact) mass is 487 g/mol. The highest BCUT2D eigenvalue weighted by Crippen LogP contribution is 2.30. The van der Waals surface area contributed by atoms with Crippen LogP contribution in [0.15, 0.2) is 72.8 Å². The minimum atomic E-state index is -4.51. The molecular weight excluding hydrogens is 467 g/mol. The Morgan fingerprint density at radius 1 is 0.882 bits per heavy atom. The molecule has 0 spiro atoms. The zero-order valence-electron chi connectivity index (χ0n) is 17.9. The first-order chi connectivity index (χ1) is 16.2. The molecular formula is C24H20F3N3O3S. The fourth-order valence-electron chi connectivity index (χ4n) is 2.95.